The fraction of sp³-hybridized carbons (Fsp3) is 0.632. The summed E-state index contributed by atoms with van der Waals surface area (Å²) in [6.45, 7) is 0. The van der Waals surface area contributed by atoms with Crippen LogP contribution in [0.1, 0.15) is 38.5 Å². The monoisotopic (exact) mass is 521 g/mol. The molecule has 0 spiro atoms. The molecule has 4 unspecified atom stereocenters. The van der Waals surface area contributed by atoms with Gasteiger partial charge in [-0.25, -0.2) is 4.79 Å². The summed E-state index contributed by atoms with van der Waals surface area (Å²) in [6, 6.07) is -5.67. The highest BCUT2D eigenvalue weighted by Gasteiger charge is 2.31. The lowest BCUT2D eigenvalue weighted by Crippen LogP contribution is -2.57. The Labute approximate surface area is 204 Å². The van der Waals surface area contributed by atoms with Crippen molar-refractivity contribution in [2.24, 2.45) is 11.5 Å². The van der Waals surface area contributed by atoms with E-state index in [2.05, 4.69) is 10.6 Å². The molecule has 0 aliphatic rings. The quantitative estimate of drug-likeness (QED) is 0.0909. The molecule has 0 bridgehead atoms. The second-order valence-corrected chi connectivity index (χ2v) is 8.43. The Balaban J connectivity index is 5.53. The second kappa shape index (κ2) is 16.3. The first kappa shape index (κ1) is 31.6. The highest BCUT2D eigenvalue weighted by Crippen LogP contribution is 2.06. The summed E-state index contributed by atoms with van der Waals surface area (Å²) in [7, 11) is 0. The van der Waals surface area contributed by atoms with E-state index in [4.69, 9.17) is 26.8 Å². The van der Waals surface area contributed by atoms with Gasteiger partial charge in [0.2, 0.25) is 23.6 Å². The zero-order valence-corrected chi connectivity index (χ0v) is 19.8. The van der Waals surface area contributed by atoms with Gasteiger partial charge in [0.05, 0.1) is 12.5 Å². The number of carbonyl (C=O) groups excluding carboxylic acids is 4. The third-order valence-corrected chi connectivity index (χ3v) is 5.20. The number of rotatable bonds is 18. The molecule has 0 saturated heterocycles. The average molecular weight is 522 g/mol. The molecule has 0 aromatic rings. The van der Waals surface area contributed by atoms with Gasteiger partial charge in [-0.05, 0) is 31.3 Å². The Bertz CT molecular complexity index is 809. The Hall–Kier alpha value is -3.40. The smallest absolute Gasteiger partial charge is 0.326 e. The zero-order valence-electron chi connectivity index (χ0n) is 19.0. The Morgan fingerprint density at radius 1 is 0.743 bits per heavy atom. The first-order valence-electron chi connectivity index (χ1n) is 10.4. The number of carboxylic acid groups (broad SMARTS) is 3. The van der Waals surface area contributed by atoms with Gasteiger partial charge in [-0.2, -0.15) is 11.8 Å². The second-order valence-electron chi connectivity index (χ2n) is 7.44. The van der Waals surface area contributed by atoms with Crippen LogP contribution in [0.15, 0.2) is 0 Å². The fourth-order valence-corrected chi connectivity index (χ4v) is 3.14. The molecule has 16 heteroatoms. The van der Waals surface area contributed by atoms with Crippen molar-refractivity contribution < 1.29 is 48.9 Å². The molecular weight excluding hydrogens is 490 g/mol. The molecule has 0 aliphatic heterocycles. The molecule has 0 saturated carbocycles. The number of carbonyl (C=O) groups is 7. The number of amides is 4. The van der Waals surface area contributed by atoms with Crippen molar-refractivity contribution in [2.75, 3.05) is 12.0 Å². The number of thioether (sulfide) groups is 1. The van der Waals surface area contributed by atoms with Crippen LogP contribution in [0.5, 0.6) is 0 Å². The molecule has 4 amide bonds. The van der Waals surface area contributed by atoms with Crippen molar-refractivity contribution in [2.45, 2.75) is 62.7 Å². The molecule has 35 heavy (non-hydrogen) atoms. The van der Waals surface area contributed by atoms with E-state index in [-0.39, 0.29) is 32.1 Å². The molecule has 15 nitrogen and oxygen atoms in total. The fourth-order valence-electron chi connectivity index (χ4n) is 2.67. The van der Waals surface area contributed by atoms with Crippen molar-refractivity contribution in [1.29, 1.82) is 0 Å². The van der Waals surface area contributed by atoms with Gasteiger partial charge >= 0.3 is 17.9 Å². The van der Waals surface area contributed by atoms with E-state index in [1.54, 1.807) is 6.26 Å². The molecule has 0 rings (SSSR count). The highest BCUT2D eigenvalue weighted by atomic mass is 32.2. The van der Waals surface area contributed by atoms with Crippen molar-refractivity contribution in [3.63, 3.8) is 0 Å². The summed E-state index contributed by atoms with van der Waals surface area (Å²) in [5.74, 6) is -7.40. The first-order valence-corrected chi connectivity index (χ1v) is 11.8. The molecular formula is C19H31N5O10S. The largest absolute Gasteiger partial charge is 0.481 e. The number of hydrogen-bond acceptors (Lipinski definition) is 9. The number of nitrogens with two attached hydrogens (primary N) is 2. The van der Waals surface area contributed by atoms with Crippen LogP contribution >= 0.6 is 11.8 Å². The zero-order chi connectivity index (χ0) is 27.1. The summed E-state index contributed by atoms with van der Waals surface area (Å²) in [5, 5.41) is 33.4. The van der Waals surface area contributed by atoms with Crippen LogP contribution in [-0.2, 0) is 33.6 Å². The summed E-state index contributed by atoms with van der Waals surface area (Å²) < 4.78 is 0. The van der Waals surface area contributed by atoms with Crippen LogP contribution < -0.4 is 27.4 Å². The number of hydrogen-bond donors (Lipinski definition) is 8. The molecule has 0 aromatic carbocycles. The van der Waals surface area contributed by atoms with Crippen LogP contribution in [-0.4, -0.2) is 93.0 Å². The van der Waals surface area contributed by atoms with E-state index in [0.29, 0.717) is 5.75 Å². The Morgan fingerprint density at radius 3 is 1.71 bits per heavy atom. The molecule has 4 atom stereocenters. The van der Waals surface area contributed by atoms with E-state index in [9.17, 15) is 33.6 Å². The minimum atomic E-state index is -1.80. The summed E-state index contributed by atoms with van der Waals surface area (Å²) in [5.41, 5.74) is 10.8. The van der Waals surface area contributed by atoms with Gasteiger partial charge in [0.1, 0.15) is 18.1 Å². The van der Waals surface area contributed by atoms with E-state index >= 15 is 0 Å². The van der Waals surface area contributed by atoms with E-state index in [0.717, 1.165) is 0 Å². The maximum Gasteiger partial charge on any atom is 0.326 e. The lowest BCUT2D eigenvalue weighted by molar-refractivity contribution is -0.147. The number of carboxylic acids is 3. The molecule has 0 radical (unpaired) electrons. The van der Waals surface area contributed by atoms with Crippen LogP contribution in [0, 0.1) is 0 Å². The number of primary amides is 1. The maximum atomic E-state index is 12.9. The summed E-state index contributed by atoms with van der Waals surface area (Å²) >= 11 is 1.35. The van der Waals surface area contributed by atoms with Gasteiger partial charge in [-0.1, -0.05) is 0 Å². The minimum Gasteiger partial charge on any atom is -0.481 e. The molecule has 0 fully saturated rings. The van der Waals surface area contributed by atoms with Crippen molar-refractivity contribution in [3.8, 4) is 0 Å². The van der Waals surface area contributed by atoms with E-state index in [1.165, 1.54) is 11.8 Å². The Morgan fingerprint density at radius 2 is 1.26 bits per heavy atom. The SMILES string of the molecule is CSCCC(NC(=O)C(N)CCC(=O)O)C(=O)NC(CCC(N)=O)C(=O)NC(CC(=O)O)C(=O)O. The lowest BCUT2D eigenvalue weighted by atomic mass is 10.1. The van der Waals surface area contributed by atoms with E-state index < -0.39 is 72.1 Å². The van der Waals surface area contributed by atoms with Gasteiger partial charge in [-0.15, -0.1) is 0 Å². The minimum absolute atomic E-state index is 0.102. The van der Waals surface area contributed by atoms with Gasteiger partial charge < -0.3 is 42.7 Å². The van der Waals surface area contributed by atoms with Crippen molar-refractivity contribution in [1.82, 2.24) is 16.0 Å². The van der Waals surface area contributed by atoms with Gasteiger partial charge in [0, 0.05) is 12.8 Å². The maximum absolute atomic E-state index is 12.9. The molecule has 10 N–H and O–H groups in total. The summed E-state index contributed by atoms with van der Waals surface area (Å²) in [6.07, 6.45) is -0.324. The predicted octanol–water partition coefficient (Wildman–Crippen LogP) is -2.79. The molecule has 0 heterocycles. The predicted molar refractivity (Wildman–Crippen MR) is 122 cm³/mol. The van der Waals surface area contributed by atoms with Crippen LogP contribution in [0.3, 0.4) is 0 Å². The van der Waals surface area contributed by atoms with Gasteiger partial charge in [0.15, 0.2) is 0 Å². The van der Waals surface area contributed by atoms with E-state index in [1.807, 2.05) is 5.32 Å². The normalized spacial score (nSPS) is 14.0. The third kappa shape index (κ3) is 13.8. The molecule has 0 aliphatic carbocycles. The third-order valence-electron chi connectivity index (χ3n) is 4.56. The van der Waals surface area contributed by atoms with Crippen LogP contribution in [0.25, 0.3) is 0 Å². The van der Waals surface area contributed by atoms with Crippen molar-refractivity contribution in [3.05, 3.63) is 0 Å². The topological polar surface area (TPSA) is 268 Å². The average Bonchev–Trinajstić information content (AvgIpc) is 2.76. The molecule has 198 valence electrons. The number of aliphatic carboxylic acids is 3. The van der Waals surface area contributed by atoms with Gasteiger partial charge in [-0.3, -0.25) is 28.8 Å². The standard InChI is InChI=1S/C19H31N5O10S/c1-35-7-6-11(22-16(30)9(20)2-5-14(26)27)18(32)23-10(3-4-13(21)25)17(31)24-12(19(33)34)8-15(28)29/h9-12H,2-8,20H2,1H3,(H2,21,25)(H,22,30)(H,23,32)(H,24,31)(H,26,27)(H,28,29)(H,33,34). The molecule has 0 aromatic heterocycles. The first-order chi connectivity index (χ1) is 16.3. The Kier molecular flexibility index (Phi) is 14.7. The number of nitrogens with one attached hydrogen (secondary N) is 3. The highest BCUT2D eigenvalue weighted by molar-refractivity contribution is 7.98. The summed E-state index contributed by atoms with van der Waals surface area (Å²) in [4.78, 5) is 81.7. The van der Waals surface area contributed by atoms with Crippen LogP contribution in [0.2, 0.25) is 0 Å². The van der Waals surface area contributed by atoms with Crippen molar-refractivity contribution >= 4 is 53.3 Å². The lowest BCUT2D eigenvalue weighted by Gasteiger charge is -2.25. The van der Waals surface area contributed by atoms with Crippen LogP contribution in [0.4, 0.5) is 0 Å². The van der Waals surface area contributed by atoms with Gasteiger partial charge in [0.25, 0.3) is 0 Å².